The molecule has 0 saturated carbocycles. The molecule has 0 aromatic heterocycles. The van der Waals surface area contributed by atoms with E-state index in [9.17, 15) is 9.59 Å². The van der Waals surface area contributed by atoms with E-state index in [4.69, 9.17) is 21.7 Å². The summed E-state index contributed by atoms with van der Waals surface area (Å²) in [5, 5.41) is 2.47. The van der Waals surface area contributed by atoms with E-state index in [1.807, 2.05) is 32.0 Å². The fourth-order valence-corrected chi connectivity index (χ4v) is 2.71. The van der Waals surface area contributed by atoms with Crippen molar-refractivity contribution >= 4 is 29.1 Å². The summed E-state index contributed by atoms with van der Waals surface area (Å²) in [6.45, 7) is 6.45. The predicted molar refractivity (Wildman–Crippen MR) is 120 cm³/mol. The van der Waals surface area contributed by atoms with Crippen LogP contribution >= 0.6 is 12.2 Å². The molecule has 160 valence electrons. The maximum absolute atomic E-state index is 12.2. The van der Waals surface area contributed by atoms with E-state index in [-0.39, 0.29) is 11.7 Å². The maximum atomic E-state index is 12.2. The minimum atomic E-state index is -0.431. The average Bonchev–Trinajstić information content (AvgIpc) is 2.70. The molecule has 0 aliphatic heterocycles. The molecule has 0 radical (unpaired) electrons. The van der Waals surface area contributed by atoms with Crippen LogP contribution < -0.4 is 25.6 Å². The number of amides is 2. The van der Waals surface area contributed by atoms with Crippen molar-refractivity contribution in [1.82, 2.24) is 16.2 Å². The van der Waals surface area contributed by atoms with E-state index < -0.39 is 11.8 Å². The van der Waals surface area contributed by atoms with Crippen molar-refractivity contribution < 1.29 is 19.1 Å². The lowest BCUT2D eigenvalue weighted by atomic mass is 10.1. The molecule has 0 saturated heterocycles. The number of hydrazine groups is 1. The second kappa shape index (κ2) is 11.8. The van der Waals surface area contributed by atoms with E-state index in [1.54, 1.807) is 24.3 Å². The van der Waals surface area contributed by atoms with Crippen molar-refractivity contribution in [3.8, 4) is 11.5 Å². The number of thiocarbonyl (C=S) groups is 1. The summed E-state index contributed by atoms with van der Waals surface area (Å²) in [5.41, 5.74) is 7.39. The van der Waals surface area contributed by atoms with Crippen LogP contribution in [-0.4, -0.2) is 30.1 Å². The van der Waals surface area contributed by atoms with E-state index in [0.717, 1.165) is 24.0 Å². The summed E-state index contributed by atoms with van der Waals surface area (Å²) >= 11 is 5.03. The van der Waals surface area contributed by atoms with Crippen LogP contribution in [0.25, 0.3) is 0 Å². The van der Waals surface area contributed by atoms with Crippen molar-refractivity contribution in [2.24, 2.45) is 0 Å². The molecule has 0 aliphatic rings. The van der Waals surface area contributed by atoms with Gasteiger partial charge in [-0.25, -0.2) is 0 Å². The van der Waals surface area contributed by atoms with Gasteiger partial charge in [0.1, 0.15) is 11.5 Å². The van der Waals surface area contributed by atoms with Gasteiger partial charge in [0, 0.05) is 5.56 Å². The van der Waals surface area contributed by atoms with E-state index >= 15 is 0 Å². The molecule has 2 rings (SSSR count). The number of carbonyl (C=O) groups is 2. The van der Waals surface area contributed by atoms with Gasteiger partial charge in [0.2, 0.25) is 0 Å². The maximum Gasteiger partial charge on any atom is 0.276 e. The molecule has 0 spiro atoms. The molecule has 7 nitrogen and oxygen atoms in total. The third kappa shape index (κ3) is 8.08. The molecule has 2 amide bonds. The van der Waals surface area contributed by atoms with Gasteiger partial charge in [-0.15, -0.1) is 0 Å². The Morgan fingerprint density at radius 1 is 0.933 bits per heavy atom. The highest BCUT2D eigenvalue weighted by molar-refractivity contribution is 7.80. The Morgan fingerprint density at radius 3 is 2.23 bits per heavy atom. The van der Waals surface area contributed by atoms with Crippen molar-refractivity contribution in [3.05, 3.63) is 59.2 Å². The first-order valence-electron chi connectivity index (χ1n) is 9.71. The van der Waals surface area contributed by atoms with Gasteiger partial charge in [0.05, 0.1) is 6.61 Å². The molecular weight excluding hydrogens is 402 g/mol. The highest BCUT2D eigenvalue weighted by atomic mass is 32.1. The Kier molecular flexibility index (Phi) is 9.08. The molecular formula is C22H27N3O4S. The number of carbonyl (C=O) groups excluding carboxylic acids is 2. The van der Waals surface area contributed by atoms with Gasteiger partial charge in [0.25, 0.3) is 11.8 Å². The Morgan fingerprint density at radius 2 is 1.60 bits per heavy atom. The van der Waals surface area contributed by atoms with Crippen LogP contribution in [-0.2, 0) is 4.79 Å². The van der Waals surface area contributed by atoms with Crippen molar-refractivity contribution in [1.29, 1.82) is 0 Å². The van der Waals surface area contributed by atoms with Crippen molar-refractivity contribution in [3.63, 3.8) is 0 Å². The van der Waals surface area contributed by atoms with Crippen molar-refractivity contribution in [2.75, 3.05) is 13.2 Å². The highest BCUT2D eigenvalue weighted by Crippen LogP contribution is 2.16. The zero-order chi connectivity index (χ0) is 21.9. The van der Waals surface area contributed by atoms with Crippen LogP contribution in [0.5, 0.6) is 11.5 Å². The summed E-state index contributed by atoms with van der Waals surface area (Å²) in [6.07, 6.45) is 2.03. The third-order valence-electron chi connectivity index (χ3n) is 3.99. The van der Waals surface area contributed by atoms with Crippen molar-refractivity contribution in [2.45, 2.75) is 33.6 Å². The van der Waals surface area contributed by atoms with Crippen LogP contribution in [0.1, 0.15) is 41.3 Å². The summed E-state index contributed by atoms with van der Waals surface area (Å²) in [6, 6.07) is 12.5. The topological polar surface area (TPSA) is 88.7 Å². The number of hydrogen-bond donors (Lipinski definition) is 3. The molecule has 0 fully saturated rings. The first-order chi connectivity index (χ1) is 14.4. The van der Waals surface area contributed by atoms with Crippen LogP contribution in [0.15, 0.2) is 42.5 Å². The first kappa shape index (κ1) is 23.2. The Balaban J connectivity index is 1.72. The number of unbranched alkanes of at least 4 members (excludes halogenated alkanes) is 1. The molecule has 8 heteroatoms. The quantitative estimate of drug-likeness (QED) is 0.339. The molecule has 3 N–H and O–H groups in total. The van der Waals surface area contributed by atoms with Crippen LogP contribution in [0.4, 0.5) is 0 Å². The number of hydrogen-bond acceptors (Lipinski definition) is 5. The Hall–Kier alpha value is -3.13. The normalized spacial score (nSPS) is 10.1. The Labute approximate surface area is 182 Å². The number of rotatable bonds is 8. The first-order valence-corrected chi connectivity index (χ1v) is 10.1. The Bertz CT molecular complexity index is 864. The zero-order valence-electron chi connectivity index (χ0n) is 17.4. The minimum absolute atomic E-state index is 0.0250. The molecule has 0 bridgehead atoms. The molecule has 0 aliphatic carbocycles. The number of benzene rings is 2. The largest absolute Gasteiger partial charge is 0.494 e. The minimum Gasteiger partial charge on any atom is -0.494 e. The molecule has 2 aromatic carbocycles. The summed E-state index contributed by atoms with van der Waals surface area (Å²) in [7, 11) is 0. The van der Waals surface area contributed by atoms with E-state index in [2.05, 4.69) is 23.1 Å². The molecule has 2 aromatic rings. The van der Waals surface area contributed by atoms with Gasteiger partial charge in [-0.3, -0.25) is 25.8 Å². The standard InChI is InChI=1S/C22H27N3O4S/c1-4-5-10-28-18-8-6-17(7-9-18)21(27)23-22(30)25-24-20(26)14-29-19-12-15(2)11-16(3)13-19/h6-9,11-13H,4-5,10,14H2,1-3H3,(H,24,26)(H2,23,25,27,30). The lowest BCUT2D eigenvalue weighted by molar-refractivity contribution is -0.123. The highest BCUT2D eigenvalue weighted by Gasteiger charge is 2.09. The monoisotopic (exact) mass is 429 g/mol. The second-order valence-corrected chi connectivity index (χ2v) is 7.20. The summed E-state index contributed by atoms with van der Waals surface area (Å²) < 4.78 is 11.0. The fraction of sp³-hybridized carbons (Fsp3) is 0.318. The van der Waals surface area contributed by atoms with Crippen LogP contribution in [0.3, 0.4) is 0 Å². The molecule has 0 unspecified atom stereocenters. The lowest BCUT2D eigenvalue weighted by Crippen LogP contribution is -2.49. The summed E-state index contributed by atoms with van der Waals surface area (Å²) in [5.74, 6) is 0.491. The molecule has 0 heterocycles. The number of nitrogens with one attached hydrogen (secondary N) is 3. The molecule has 30 heavy (non-hydrogen) atoms. The van der Waals surface area contributed by atoms with Crippen LogP contribution in [0.2, 0.25) is 0 Å². The van der Waals surface area contributed by atoms with Gasteiger partial charge in [-0.1, -0.05) is 19.4 Å². The van der Waals surface area contributed by atoms with Gasteiger partial charge >= 0.3 is 0 Å². The summed E-state index contributed by atoms with van der Waals surface area (Å²) in [4.78, 5) is 24.1. The predicted octanol–water partition coefficient (Wildman–Crippen LogP) is 3.20. The number of aryl methyl sites for hydroxylation is 2. The van der Waals surface area contributed by atoms with Gasteiger partial charge in [-0.05, 0) is 80.0 Å². The average molecular weight is 430 g/mol. The van der Waals surface area contributed by atoms with Gasteiger partial charge in [-0.2, -0.15) is 0 Å². The molecule has 0 atom stereocenters. The smallest absolute Gasteiger partial charge is 0.276 e. The number of ether oxygens (including phenoxy) is 2. The lowest BCUT2D eigenvalue weighted by Gasteiger charge is -2.12. The SMILES string of the molecule is CCCCOc1ccc(C(=O)NC(=S)NNC(=O)COc2cc(C)cc(C)c2)cc1. The van der Waals surface area contributed by atoms with E-state index in [1.165, 1.54) is 0 Å². The third-order valence-corrected chi connectivity index (χ3v) is 4.19. The fourth-order valence-electron chi connectivity index (χ4n) is 2.57. The van der Waals surface area contributed by atoms with E-state index in [0.29, 0.717) is 23.7 Å². The van der Waals surface area contributed by atoms with Gasteiger partial charge in [0.15, 0.2) is 11.7 Å². The second-order valence-electron chi connectivity index (χ2n) is 6.79. The van der Waals surface area contributed by atoms with Crippen LogP contribution in [0, 0.1) is 13.8 Å². The zero-order valence-corrected chi connectivity index (χ0v) is 18.2. The van der Waals surface area contributed by atoms with Gasteiger partial charge < -0.3 is 9.47 Å².